The first-order chi connectivity index (χ1) is 7.77. The summed E-state index contributed by atoms with van der Waals surface area (Å²) in [6.45, 7) is 3.30. The first kappa shape index (κ1) is 10.9. The number of hydrogen-bond acceptors (Lipinski definition) is 2. The topological polar surface area (TPSA) is 35.6 Å². The van der Waals surface area contributed by atoms with Crippen LogP contribution in [0.5, 0.6) is 0 Å². The van der Waals surface area contributed by atoms with Gasteiger partial charge in [-0.25, -0.2) is 9.97 Å². The largest absolute Gasteiger partial charge is 0.337 e. The van der Waals surface area contributed by atoms with Crippen molar-refractivity contribution in [2.45, 2.75) is 32.2 Å². The highest BCUT2D eigenvalue weighted by atomic mass is 15.0. The Morgan fingerprint density at radius 3 is 2.81 bits per heavy atom. The Morgan fingerprint density at radius 2 is 2.19 bits per heavy atom. The van der Waals surface area contributed by atoms with Crippen molar-refractivity contribution in [3.63, 3.8) is 0 Å². The average Bonchev–Trinajstić information content (AvgIpc) is 2.88. The molecule has 4 heteroatoms. The maximum atomic E-state index is 4.15. The summed E-state index contributed by atoms with van der Waals surface area (Å²) in [7, 11) is 2.05. The van der Waals surface area contributed by atoms with E-state index in [2.05, 4.69) is 33.1 Å². The van der Waals surface area contributed by atoms with Gasteiger partial charge in [-0.1, -0.05) is 6.92 Å². The normalized spacial score (nSPS) is 12.9. The molecule has 86 valence electrons. The van der Waals surface area contributed by atoms with E-state index in [-0.39, 0.29) is 0 Å². The van der Waals surface area contributed by atoms with Gasteiger partial charge < -0.3 is 9.13 Å². The molecule has 0 aliphatic carbocycles. The summed E-state index contributed by atoms with van der Waals surface area (Å²) in [5.74, 6) is 0.566. The first-order valence-corrected chi connectivity index (χ1v) is 5.69. The van der Waals surface area contributed by atoms with E-state index in [1.54, 1.807) is 0 Å². The molecule has 1 atom stereocenters. The number of imidazole rings is 2. The minimum Gasteiger partial charge on any atom is -0.337 e. The second-order valence-corrected chi connectivity index (χ2v) is 4.27. The van der Waals surface area contributed by atoms with Crippen molar-refractivity contribution in [2.75, 3.05) is 0 Å². The predicted octanol–water partition coefficient (Wildman–Crippen LogP) is 2.20. The molecule has 16 heavy (non-hydrogen) atoms. The number of aromatic nitrogens is 4. The lowest BCUT2D eigenvalue weighted by molar-refractivity contribution is 0.545. The van der Waals surface area contributed by atoms with Gasteiger partial charge in [-0.05, 0) is 18.8 Å². The quantitative estimate of drug-likeness (QED) is 0.771. The molecule has 2 heterocycles. The fourth-order valence-electron chi connectivity index (χ4n) is 1.99. The lowest BCUT2D eigenvalue weighted by atomic mass is 10.0. The van der Waals surface area contributed by atoms with Crippen LogP contribution in [0, 0.1) is 0 Å². The van der Waals surface area contributed by atoms with Crippen molar-refractivity contribution >= 4 is 0 Å². The molecule has 4 nitrogen and oxygen atoms in total. The molecular weight excluding hydrogens is 200 g/mol. The van der Waals surface area contributed by atoms with Gasteiger partial charge in [0, 0.05) is 37.9 Å². The van der Waals surface area contributed by atoms with Crippen LogP contribution in [-0.2, 0) is 13.6 Å². The van der Waals surface area contributed by atoms with Crippen LogP contribution >= 0.6 is 0 Å². The van der Waals surface area contributed by atoms with E-state index in [0.29, 0.717) is 5.92 Å². The molecule has 0 aliphatic rings. The molecule has 0 bridgehead atoms. The minimum absolute atomic E-state index is 0.566. The lowest BCUT2D eigenvalue weighted by Crippen LogP contribution is -2.03. The average molecular weight is 218 g/mol. The smallest absolute Gasteiger partial charge is 0.0945 e. The highest BCUT2D eigenvalue weighted by molar-refractivity contribution is 5.04. The molecule has 0 N–H and O–H groups in total. The molecule has 0 fully saturated rings. The zero-order chi connectivity index (χ0) is 11.4. The van der Waals surface area contributed by atoms with E-state index in [1.165, 1.54) is 18.5 Å². The van der Waals surface area contributed by atoms with Gasteiger partial charge in [-0.15, -0.1) is 0 Å². The van der Waals surface area contributed by atoms with Gasteiger partial charge in [0.2, 0.25) is 0 Å². The molecule has 0 spiro atoms. The van der Waals surface area contributed by atoms with Crippen molar-refractivity contribution in [1.82, 2.24) is 19.1 Å². The Morgan fingerprint density at radius 1 is 1.31 bits per heavy atom. The first-order valence-electron chi connectivity index (χ1n) is 5.69. The van der Waals surface area contributed by atoms with Crippen LogP contribution in [0.3, 0.4) is 0 Å². The van der Waals surface area contributed by atoms with Crippen LogP contribution in [0.25, 0.3) is 0 Å². The molecular formula is C12H18N4. The summed E-state index contributed by atoms with van der Waals surface area (Å²) < 4.78 is 4.22. The fraction of sp³-hybridized carbons (Fsp3) is 0.500. The summed E-state index contributed by atoms with van der Waals surface area (Å²) in [6.07, 6.45) is 11.9. The summed E-state index contributed by atoms with van der Waals surface area (Å²) in [4.78, 5) is 8.18. The van der Waals surface area contributed by atoms with Crippen molar-refractivity contribution < 1.29 is 0 Å². The summed E-state index contributed by atoms with van der Waals surface area (Å²) >= 11 is 0. The fourth-order valence-corrected chi connectivity index (χ4v) is 1.99. The second kappa shape index (κ2) is 4.96. The predicted molar refractivity (Wildman–Crippen MR) is 63.1 cm³/mol. The van der Waals surface area contributed by atoms with Crippen LogP contribution in [0.15, 0.2) is 31.2 Å². The maximum absolute atomic E-state index is 4.15. The Hall–Kier alpha value is -1.58. The number of aryl methyl sites for hydroxylation is 2. The SMILES string of the molecule is CC(CCCn1ccnc1)c1cncn1C. The Kier molecular flexibility index (Phi) is 3.39. The van der Waals surface area contributed by atoms with E-state index in [1.807, 2.05) is 31.2 Å². The number of hydrogen-bond donors (Lipinski definition) is 0. The zero-order valence-electron chi connectivity index (χ0n) is 9.87. The molecule has 0 aromatic carbocycles. The molecule has 0 saturated heterocycles. The Labute approximate surface area is 96.0 Å². The van der Waals surface area contributed by atoms with Crippen LogP contribution in [0.2, 0.25) is 0 Å². The standard InChI is InChI=1S/C12H18N4/c1-11(12-8-14-9-15(12)2)4-3-6-16-7-5-13-10-16/h5,7-11H,3-4,6H2,1-2H3. The molecule has 0 aliphatic heterocycles. The molecule has 2 aromatic heterocycles. The van der Waals surface area contributed by atoms with Crippen molar-refractivity contribution in [3.05, 3.63) is 36.9 Å². The van der Waals surface area contributed by atoms with Crippen LogP contribution in [-0.4, -0.2) is 19.1 Å². The zero-order valence-corrected chi connectivity index (χ0v) is 9.87. The highest BCUT2D eigenvalue weighted by Crippen LogP contribution is 2.19. The highest BCUT2D eigenvalue weighted by Gasteiger charge is 2.08. The third kappa shape index (κ3) is 2.51. The minimum atomic E-state index is 0.566. The maximum Gasteiger partial charge on any atom is 0.0945 e. The third-order valence-corrected chi connectivity index (χ3v) is 2.97. The molecule has 0 radical (unpaired) electrons. The van der Waals surface area contributed by atoms with Gasteiger partial charge >= 0.3 is 0 Å². The Balaban J connectivity index is 1.80. The molecule has 0 amide bonds. The monoisotopic (exact) mass is 218 g/mol. The van der Waals surface area contributed by atoms with Gasteiger partial charge in [-0.2, -0.15) is 0 Å². The summed E-state index contributed by atoms with van der Waals surface area (Å²) in [6, 6.07) is 0. The van der Waals surface area contributed by atoms with Crippen molar-refractivity contribution in [1.29, 1.82) is 0 Å². The summed E-state index contributed by atoms with van der Waals surface area (Å²) in [5.41, 5.74) is 1.31. The van der Waals surface area contributed by atoms with E-state index in [9.17, 15) is 0 Å². The van der Waals surface area contributed by atoms with Crippen LogP contribution in [0.4, 0.5) is 0 Å². The number of nitrogens with zero attached hydrogens (tertiary/aromatic N) is 4. The Bertz CT molecular complexity index is 416. The molecule has 2 rings (SSSR count). The molecule has 2 aromatic rings. The lowest BCUT2D eigenvalue weighted by Gasteiger charge is -2.11. The van der Waals surface area contributed by atoms with Gasteiger partial charge in [0.1, 0.15) is 0 Å². The summed E-state index contributed by atoms with van der Waals surface area (Å²) in [5, 5.41) is 0. The van der Waals surface area contributed by atoms with Gasteiger partial charge in [0.05, 0.1) is 12.7 Å². The molecule has 0 saturated carbocycles. The van der Waals surface area contributed by atoms with E-state index < -0.39 is 0 Å². The second-order valence-electron chi connectivity index (χ2n) is 4.27. The van der Waals surface area contributed by atoms with Gasteiger partial charge in [0.25, 0.3) is 0 Å². The van der Waals surface area contributed by atoms with Gasteiger partial charge in [-0.3, -0.25) is 0 Å². The van der Waals surface area contributed by atoms with Gasteiger partial charge in [0.15, 0.2) is 0 Å². The molecule has 1 unspecified atom stereocenters. The number of rotatable bonds is 5. The van der Waals surface area contributed by atoms with E-state index >= 15 is 0 Å². The van der Waals surface area contributed by atoms with Crippen LogP contribution in [0.1, 0.15) is 31.4 Å². The van der Waals surface area contributed by atoms with E-state index in [4.69, 9.17) is 0 Å². The van der Waals surface area contributed by atoms with E-state index in [0.717, 1.165) is 6.54 Å². The third-order valence-electron chi connectivity index (χ3n) is 2.97. The van der Waals surface area contributed by atoms with Crippen LogP contribution < -0.4 is 0 Å². The van der Waals surface area contributed by atoms with Crippen molar-refractivity contribution in [2.24, 2.45) is 7.05 Å². The van der Waals surface area contributed by atoms with Crippen molar-refractivity contribution in [3.8, 4) is 0 Å².